The number of hydrogen-bond acceptors (Lipinski definition) is 2. The molecule has 0 aromatic carbocycles. The summed E-state index contributed by atoms with van der Waals surface area (Å²) in [6, 6.07) is 0. The lowest BCUT2D eigenvalue weighted by Crippen LogP contribution is -2.19. The number of primary amides is 1. The molecule has 0 saturated heterocycles. The quantitative estimate of drug-likeness (QED) is 0.716. The topological polar surface area (TPSA) is 60.2 Å². The number of hydrogen-bond donors (Lipinski definition) is 1. The van der Waals surface area contributed by atoms with E-state index in [0.29, 0.717) is 12.2 Å². The Morgan fingerprint density at radius 1 is 1.46 bits per heavy atom. The molecule has 1 saturated carbocycles. The summed E-state index contributed by atoms with van der Waals surface area (Å²) < 4.78 is 0. The molecule has 1 fully saturated rings. The van der Waals surface area contributed by atoms with Crippen molar-refractivity contribution < 1.29 is 9.59 Å². The Balaban J connectivity index is 2.19. The highest BCUT2D eigenvalue weighted by molar-refractivity contribution is 5.81. The first kappa shape index (κ1) is 10.2. The Labute approximate surface area is 78.7 Å². The van der Waals surface area contributed by atoms with Gasteiger partial charge < -0.3 is 5.73 Å². The van der Waals surface area contributed by atoms with E-state index < -0.39 is 0 Å². The van der Waals surface area contributed by atoms with Crippen molar-refractivity contribution in [2.75, 3.05) is 0 Å². The molecule has 1 unspecified atom stereocenters. The second-order valence-electron chi connectivity index (χ2n) is 3.77. The molecule has 1 atom stereocenters. The molecular formula is C10H17NO2. The van der Waals surface area contributed by atoms with Crippen LogP contribution in [0.5, 0.6) is 0 Å². The largest absolute Gasteiger partial charge is 0.370 e. The third kappa shape index (κ3) is 3.57. The summed E-state index contributed by atoms with van der Waals surface area (Å²) in [4.78, 5) is 21.8. The van der Waals surface area contributed by atoms with E-state index in [4.69, 9.17) is 5.73 Å². The van der Waals surface area contributed by atoms with Crippen molar-refractivity contribution in [3.8, 4) is 0 Å². The monoisotopic (exact) mass is 183 g/mol. The first-order valence-corrected chi connectivity index (χ1v) is 5.01. The lowest BCUT2D eigenvalue weighted by atomic mass is 9.84. The van der Waals surface area contributed by atoms with Gasteiger partial charge in [-0.2, -0.15) is 0 Å². The van der Waals surface area contributed by atoms with E-state index in [1.165, 1.54) is 0 Å². The van der Waals surface area contributed by atoms with Crippen LogP contribution in [0.2, 0.25) is 0 Å². The Bertz CT molecular complexity index is 201. The molecule has 0 spiro atoms. The molecule has 0 bridgehead atoms. The van der Waals surface area contributed by atoms with Gasteiger partial charge in [-0.05, 0) is 25.7 Å². The minimum atomic E-state index is -0.261. The summed E-state index contributed by atoms with van der Waals surface area (Å²) in [6.07, 6.45) is 5.99. The molecular weight excluding hydrogens is 166 g/mol. The highest BCUT2D eigenvalue weighted by Gasteiger charge is 2.21. The van der Waals surface area contributed by atoms with Crippen LogP contribution in [0.25, 0.3) is 0 Å². The molecule has 0 heterocycles. The van der Waals surface area contributed by atoms with Gasteiger partial charge in [-0.1, -0.05) is 6.42 Å². The predicted octanol–water partition coefficient (Wildman–Crippen LogP) is 1.40. The van der Waals surface area contributed by atoms with Crippen molar-refractivity contribution in [1.82, 2.24) is 0 Å². The lowest BCUT2D eigenvalue weighted by molar-refractivity contribution is -0.125. The van der Waals surface area contributed by atoms with Gasteiger partial charge in [0, 0.05) is 18.8 Å². The smallest absolute Gasteiger partial charge is 0.217 e. The van der Waals surface area contributed by atoms with Crippen molar-refractivity contribution in [2.24, 2.45) is 11.7 Å². The minimum absolute atomic E-state index is 0.216. The Hall–Kier alpha value is -0.860. The van der Waals surface area contributed by atoms with Gasteiger partial charge in [0.2, 0.25) is 5.91 Å². The highest BCUT2D eigenvalue weighted by Crippen LogP contribution is 2.24. The number of nitrogens with two attached hydrogens (primary N) is 1. The number of carbonyl (C=O) groups excluding carboxylic acids is 2. The minimum Gasteiger partial charge on any atom is -0.370 e. The molecule has 0 aliphatic heterocycles. The van der Waals surface area contributed by atoms with E-state index in [1.807, 2.05) is 0 Å². The lowest BCUT2D eigenvalue weighted by Gasteiger charge is -2.19. The Kier molecular flexibility index (Phi) is 3.93. The molecule has 1 amide bonds. The Morgan fingerprint density at radius 2 is 2.23 bits per heavy atom. The normalized spacial score (nSPS) is 23.1. The summed E-state index contributed by atoms with van der Waals surface area (Å²) >= 11 is 0. The molecule has 3 heteroatoms. The SMILES string of the molecule is NC(=O)CCCC1CCCCC1=O. The standard InChI is InChI=1S/C10H17NO2/c11-10(13)7-3-5-8-4-1-2-6-9(8)12/h8H,1-7H2,(H2,11,13). The van der Waals surface area contributed by atoms with Crippen LogP contribution in [0, 0.1) is 5.92 Å². The highest BCUT2D eigenvalue weighted by atomic mass is 16.1. The van der Waals surface area contributed by atoms with Gasteiger partial charge in [0.1, 0.15) is 5.78 Å². The zero-order valence-corrected chi connectivity index (χ0v) is 7.92. The average Bonchev–Trinajstić information content (AvgIpc) is 2.08. The number of rotatable bonds is 4. The van der Waals surface area contributed by atoms with Gasteiger partial charge in [0.15, 0.2) is 0 Å². The number of ketones is 1. The van der Waals surface area contributed by atoms with Crippen LogP contribution >= 0.6 is 0 Å². The summed E-state index contributed by atoms with van der Waals surface area (Å²) in [5, 5.41) is 0. The second-order valence-corrected chi connectivity index (χ2v) is 3.77. The zero-order valence-electron chi connectivity index (χ0n) is 7.92. The fourth-order valence-corrected chi connectivity index (χ4v) is 1.88. The van der Waals surface area contributed by atoms with Crippen molar-refractivity contribution in [1.29, 1.82) is 0 Å². The van der Waals surface area contributed by atoms with Gasteiger partial charge in [0.05, 0.1) is 0 Å². The van der Waals surface area contributed by atoms with Crippen molar-refractivity contribution in [3.63, 3.8) is 0 Å². The molecule has 74 valence electrons. The number of carbonyl (C=O) groups is 2. The maximum absolute atomic E-state index is 11.4. The van der Waals surface area contributed by atoms with Crippen LogP contribution in [-0.4, -0.2) is 11.7 Å². The summed E-state index contributed by atoms with van der Waals surface area (Å²) in [7, 11) is 0. The molecule has 13 heavy (non-hydrogen) atoms. The summed E-state index contributed by atoms with van der Waals surface area (Å²) in [5.41, 5.74) is 5.02. The molecule has 1 aliphatic rings. The summed E-state index contributed by atoms with van der Waals surface area (Å²) in [6.45, 7) is 0. The maximum Gasteiger partial charge on any atom is 0.217 e. The van der Waals surface area contributed by atoms with E-state index in [0.717, 1.165) is 38.5 Å². The van der Waals surface area contributed by atoms with E-state index in [1.54, 1.807) is 0 Å². The van der Waals surface area contributed by atoms with E-state index in [9.17, 15) is 9.59 Å². The van der Waals surface area contributed by atoms with Gasteiger partial charge in [-0.25, -0.2) is 0 Å². The first-order chi connectivity index (χ1) is 6.20. The molecule has 1 aliphatic carbocycles. The first-order valence-electron chi connectivity index (χ1n) is 5.01. The molecule has 0 aromatic rings. The fourth-order valence-electron chi connectivity index (χ4n) is 1.88. The number of amides is 1. The van der Waals surface area contributed by atoms with Crippen LogP contribution in [0.15, 0.2) is 0 Å². The van der Waals surface area contributed by atoms with Crippen molar-refractivity contribution >= 4 is 11.7 Å². The zero-order chi connectivity index (χ0) is 9.68. The van der Waals surface area contributed by atoms with Gasteiger partial charge >= 0.3 is 0 Å². The fraction of sp³-hybridized carbons (Fsp3) is 0.800. The van der Waals surface area contributed by atoms with Crippen molar-refractivity contribution in [2.45, 2.75) is 44.9 Å². The molecule has 0 aromatic heterocycles. The van der Waals surface area contributed by atoms with Crippen LogP contribution in [0.3, 0.4) is 0 Å². The average molecular weight is 183 g/mol. The summed E-state index contributed by atoms with van der Waals surface area (Å²) in [5.74, 6) is 0.340. The molecule has 2 N–H and O–H groups in total. The van der Waals surface area contributed by atoms with Crippen LogP contribution in [-0.2, 0) is 9.59 Å². The Morgan fingerprint density at radius 3 is 2.85 bits per heavy atom. The molecule has 3 nitrogen and oxygen atoms in total. The van der Waals surface area contributed by atoms with Gasteiger partial charge in [-0.3, -0.25) is 9.59 Å². The third-order valence-corrected chi connectivity index (χ3v) is 2.66. The second kappa shape index (κ2) is 5.00. The van der Waals surface area contributed by atoms with Gasteiger partial charge in [0.25, 0.3) is 0 Å². The van der Waals surface area contributed by atoms with E-state index >= 15 is 0 Å². The third-order valence-electron chi connectivity index (χ3n) is 2.66. The maximum atomic E-state index is 11.4. The van der Waals surface area contributed by atoms with Gasteiger partial charge in [-0.15, -0.1) is 0 Å². The van der Waals surface area contributed by atoms with Crippen molar-refractivity contribution in [3.05, 3.63) is 0 Å². The van der Waals surface area contributed by atoms with Crippen LogP contribution in [0.1, 0.15) is 44.9 Å². The van der Waals surface area contributed by atoms with Crippen LogP contribution < -0.4 is 5.73 Å². The predicted molar refractivity (Wildman–Crippen MR) is 50.0 cm³/mol. The van der Waals surface area contributed by atoms with E-state index in [2.05, 4.69) is 0 Å². The van der Waals surface area contributed by atoms with E-state index in [-0.39, 0.29) is 11.8 Å². The van der Waals surface area contributed by atoms with Crippen LogP contribution in [0.4, 0.5) is 0 Å². The molecule has 0 radical (unpaired) electrons. The molecule has 1 rings (SSSR count). The number of Topliss-reactive ketones (excluding diaryl/α,β-unsaturated/α-hetero) is 1.